The molecule has 1 N–H and O–H groups in total. The molecule has 110 valence electrons. The molecule has 0 aliphatic heterocycles. The molecular formula is C15H16N2O3S. The Hall–Kier alpha value is -2.21. The minimum atomic E-state index is -1.04. The first-order chi connectivity index (χ1) is 9.90. The minimum absolute atomic E-state index is 0.114. The second-order valence-corrected chi connectivity index (χ2v) is 5.82. The molecule has 0 bridgehead atoms. The van der Waals surface area contributed by atoms with Crippen LogP contribution in [0.25, 0.3) is 0 Å². The lowest BCUT2D eigenvalue weighted by atomic mass is 10.2. The monoisotopic (exact) mass is 304 g/mol. The van der Waals surface area contributed by atoms with E-state index in [0.717, 1.165) is 10.4 Å². The number of rotatable bonds is 4. The second kappa shape index (κ2) is 6.05. The molecular weight excluding hydrogens is 288 g/mol. The van der Waals surface area contributed by atoms with Crippen LogP contribution in [0.3, 0.4) is 0 Å². The first kappa shape index (κ1) is 15.2. The van der Waals surface area contributed by atoms with Crippen LogP contribution in [0, 0.1) is 13.8 Å². The maximum atomic E-state index is 12.3. The molecule has 0 atom stereocenters. The number of nitrogens with zero attached hydrogens (tertiary/aromatic N) is 2. The van der Waals surface area contributed by atoms with Gasteiger partial charge in [-0.2, -0.15) is 0 Å². The molecule has 21 heavy (non-hydrogen) atoms. The van der Waals surface area contributed by atoms with Crippen LogP contribution in [-0.2, 0) is 6.54 Å². The average Bonchev–Trinajstić information content (AvgIpc) is 2.82. The van der Waals surface area contributed by atoms with Gasteiger partial charge in [-0.25, -0.2) is 9.78 Å². The number of thiophene rings is 1. The first-order valence-corrected chi connectivity index (χ1v) is 7.27. The second-order valence-electron chi connectivity index (χ2n) is 4.82. The Balaban J connectivity index is 2.18. The highest BCUT2D eigenvalue weighted by Gasteiger charge is 2.17. The molecule has 0 spiro atoms. The molecule has 2 aromatic rings. The molecule has 1 amide bonds. The van der Waals surface area contributed by atoms with Crippen LogP contribution < -0.4 is 0 Å². The van der Waals surface area contributed by atoms with Crippen molar-refractivity contribution in [3.05, 3.63) is 51.0 Å². The van der Waals surface area contributed by atoms with Gasteiger partial charge in [-0.1, -0.05) is 0 Å². The van der Waals surface area contributed by atoms with E-state index in [4.69, 9.17) is 5.11 Å². The van der Waals surface area contributed by atoms with Crippen molar-refractivity contribution < 1.29 is 14.7 Å². The predicted molar refractivity (Wildman–Crippen MR) is 80.8 cm³/mol. The van der Waals surface area contributed by atoms with Gasteiger partial charge in [-0.05, 0) is 43.0 Å². The third-order valence-corrected chi connectivity index (χ3v) is 4.24. The van der Waals surface area contributed by atoms with E-state index in [1.54, 1.807) is 30.2 Å². The quantitative estimate of drug-likeness (QED) is 0.943. The van der Waals surface area contributed by atoms with Gasteiger partial charge in [0, 0.05) is 11.9 Å². The van der Waals surface area contributed by atoms with Crippen molar-refractivity contribution in [1.29, 1.82) is 0 Å². The molecule has 6 heteroatoms. The van der Waals surface area contributed by atoms with E-state index >= 15 is 0 Å². The van der Waals surface area contributed by atoms with E-state index in [2.05, 4.69) is 4.98 Å². The first-order valence-electron chi connectivity index (χ1n) is 6.39. The van der Waals surface area contributed by atoms with Crippen LogP contribution in [0.15, 0.2) is 23.6 Å². The normalized spacial score (nSPS) is 10.4. The lowest BCUT2D eigenvalue weighted by Crippen LogP contribution is -2.27. The average molecular weight is 304 g/mol. The van der Waals surface area contributed by atoms with Gasteiger partial charge in [-0.15, -0.1) is 11.3 Å². The molecule has 0 aliphatic carbocycles. The number of hydrogen-bond donors (Lipinski definition) is 1. The van der Waals surface area contributed by atoms with Gasteiger partial charge in [0.15, 0.2) is 0 Å². The summed E-state index contributed by atoms with van der Waals surface area (Å²) in [5.41, 5.74) is 1.87. The summed E-state index contributed by atoms with van der Waals surface area (Å²) in [4.78, 5) is 30.1. The Morgan fingerprint density at radius 1 is 1.29 bits per heavy atom. The SMILES string of the molecule is Cc1ccsc1CN(C)C(=O)c1ccc(C(=O)O)c(C)n1. The topological polar surface area (TPSA) is 70.5 Å². The molecule has 0 radical (unpaired) electrons. The number of carboxylic acids is 1. The number of carboxylic acid groups (broad SMARTS) is 1. The Bertz CT molecular complexity index is 694. The largest absolute Gasteiger partial charge is 0.478 e. The number of aryl methyl sites for hydroxylation is 2. The highest BCUT2D eigenvalue weighted by Crippen LogP contribution is 2.18. The van der Waals surface area contributed by atoms with Crippen molar-refractivity contribution in [2.45, 2.75) is 20.4 Å². The molecule has 5 nitrogen and oxygen atoms in total. The summed E-state index contributed by atoms with van der Waals surface area (Å²) in [5.74, 6) is -1.26. The number of pyridine rings is 1. The van der Waals surface area contributed by atoms with Crippen LogP contribution in [-0.4, -0.2) is 33.9 Å². The molecule has 0 unspecified atom stereocenters. The van der Waals surface area contributed by atoms with Crippen LogP contribution >= 0.6 is 11.3 Å². The molecule has 0 saturated heterocycles. The fraction of sp³-hybridized carbons (Fsp3) is 0.267. The van der Waals surface area contributed by atoms with Crippen molar-refractivity contribution >= 4 is 23.2 Å². The van der Waals surface area contributed by atoms with Gasteiger partial charge in [0.2, 0.25) is 0 Å². The molecule has 2 heterocycles. The molecule has 0 aliphatic rings. The van der Waals surface area contributed by atoms with Crippen LogP contribution in [0.2, 0.25) is 0 Å². The summed E-state index contributed by atoms with van der Waals surface area (Å²) in [6.07, 6.45) is 0. The van der Waals surface area contributed by atoms with Crippen LogP contribution in [0.5, 0.6) is 0 Å². The van der Waals surface area contributed by atoms with Crippen molar-refractivity contribution in [1.82, 2.24) is 9.88 Å². The fourth-order valence-electron chi connectivity index (χ4n) is 1.96. The van der Waals surface area contributed by atoms with Gasteiger partial charge in [-0.3, -0.25) is 4.79 Å². The fourth-order valence-corrected chi connectivity index (χ4v) is 2.91. The molecule has 0 fully saturated rings. The summed E-state index contributed by atoms with van der Waals surface area (Å²) >= 11 is 1.61. The minimum Gasteiger partial charge on any atom is -0.478 e. The lowest BCUT2D eigenvalue weighted by molar-refractivity contribution is 0.0693. The lowest BCUT2D eigenvalue weighted by Gasteiger charge is -2.17. The zero-order valence-electron chi connectivity index (χ0n) is 12.1. The summed E-state index contributed by atoms with van der Waals surface area (Å²) < 4.78 is 0. The zero-order chi connectivity index (χ0) is 15.6. The van der Waals surface area contributed by atoms with Crippen molar-refractivity contribution in [3.8, 4) is 0 Å². The van der Waals surface area contributed by atoms with E-state index in [1.807, 2.05) is 18.4 Å². The third-order valence-electron chi connectivity index (χ3n) is 3.23. The van der Waals surface area contributed by atoms with Gasteiger partial charge in [0.05, 0.1) is 17.8 Å². The van der Waals surface area contributed by atoms with Crippen molar-refractivity contribution in [3.63, 3.8) is 0 Å². The highest BCUT2D eigenvalue weighted by atomic mass is 32.1. The van der Waals surface area contributed by atoms with Crippen molar-refractivity contribution in [2.75, 3.05) is 7.05 Å². The van der Waals surface area contributed by atoms with E-state index in [-0.39, 0.29) is 17.2 Å². The summed E-state index contributed by atoms with van der Waals surface area (Å²) in [6.45, 7) is 4.11. The van der Waals surface area contributed by atoms with Gasteiger partial charge in [0.1, 0.15) is 5.69 Å². The van der Waals surface area contributed by atoms with Gasteiger partial charge >= 0.3 is 5.97 Å². The number of hydrogen-bond acceptors (Lipinski definition) is 4. The number of aromatic carboxylic acids is 1. The Morgan fingerprint density at radius 3 is 2.52 bits per heavy atom. The molecule has 2 aromatic heterocycles. The van der Waals surface area contributed by atoms with E-state index in [1.165, 1.54) is 12.1 Å². The number of carbonyl (C=O) groups is 2. The molecule has 2 rings (SSSR count). The van der Waals surface area contributed by atoms with Crippen molar-refractivity contribution in [2.24, 2.45) is 0 Å². The summed E-state index contributed by atoms with van der Waals surface area (Å²) in [6, 6.07) is 4.89. The third kappa shape index (κ3) is 3.28. The summed E-state index contributed by atoms with van der Waals surface area (Å²) in [7, 11) is 1.71. The number of carbonyl (C=O) groups excluding carboxylic acids is 1. The number of aromatic nitrogens is 1. The van der Waals surface area contributed by atoms with E-state index in [9.17, 15) is 9.59 Å². The maximum Gasteiger partial charge on any atom is 0.337 e. The number of amides is 1. The molecule has 0 aromatic carbocycles. The zero-order valence-corrected chi connectivity index (χ0v) is 12.9. The van der Waals surface area contributed by atoms with Gasteiger partial charge < -0.3 is 10.0 Å². The Labute approximate surface area is 126 Å². The predicted octanol–water partition coefficient (Wildman–Crippen LogP) is 2.73. The standard InChI is InChI=1S/C15H16N2O3S/c1-9-6-7-21-13(9)8-17(3)14(18)12-5-4-11(15(19)20)10(2)16-12/h4-7H,8H2,1-3H3,(H,19,20). The summed E-state index contributed by atoms with van der Waals surface area (Å²) in [5, 5.41) is 11.0. The maximum absolute atomic E-state index is 12.3. The Morgan fingerprint density at radius 2 is 2.00 bits per heavy atom. The Kier molecular flexibility index (Phi) is 4.37. The van der Waals surface area contributed by atoms with Crippen LogP contribution in [0.1, 0.15) is 37.0 Å². The molecule has 0 saturated carbocycles. The highest BCUT2D eigenvalue weighted by molar-refractivity contribution is 7.10. The van der Waals surface area contributed by atoms with E-state index < -0.39 is 5.97 Å². The van der Waals surface area contributed by atoms with Crippen LogP contribution in [0.4, 0.5) is 0 Å². The smallest absolute Gasteiger partial charge is 0.337 e. The van der Waals surface area contributed by atoms with Gasteiger partial charge in [0.25, 0.3) is 5.91 Å². The van der Waals surface area contributed by atoms with E-state index in [0.29, 0.717) is 12.2 Å².